The summed E-state index contributed by atoms with van der Waals surface area (Å²) in [6, 6.07) is -13.2. The van der Waals surface area contributed by atoms with Gasteiger partial charge >= 0.3 is 11.9 Å². The second kappa shape index (κ2) is 53.6. The third kappa shape index (κ3) is 33.0. The van der Waals surface area contributed by atoms with E-state index in [4.69, 9.17) is 22.6 Å². The first-order valence-corrected chi connectivity index (χ1v) is 46.8. The molecule has 0 radical (unpaired) electrons. The molecule has 49 heteroatoms. The number of nitrogens with two attached hydrogens (primary N) is 3. The number of aliphatic hydroxyl groups excluding tert-OH is 2. The van der Waals surface area contributed by atoms with Crippen LogP contribution in [-0.2, 0) is 120 Å². The molecule has 27 N–H and O–H groups in total. The van der Waals surface area contributed by atoms with Crippen molar-refractivity contribution in [3.63, 3.8) is 0 Å². The number of hydrogen-bond donors (Lipinski definition) is 24. The number of carbonyl (C=O) groups excluding carboxylic acids is 19. The Balaban J connectivity index is 1.29. The Hall–Kier alpha value is -14.3. The maximum atomic E-state index is 15.3. The monoisotopic (exact) mass is 1960 g/mol. The first-order valence-electron chi connectivity index (χ1n) is 46.8. The van der Waals surface area contributed by atoms with E-state index in [9.17, 15) is 107 Å². The van der Waals surface area contributed by atoms with Gasteiger partial charge in [0.15, 0.2) is 12.0 Å². The standard InChI is InChI=1S/C91H134N24O25/c1-11-47(8)69-87(137)108-68(46(6)7)86(136)111-71(49(10)117)89(139)114-36-19-27-60(114)81(131)100-53(26-18-34-97-91(94)95)75(125)110-70(48(9)116)88(138)113-35-20-28-61(113)82(132)101-55(31-33-65(121)122)76(126)112-72(73(93)123)90(140)115-37-21-29-62(115)83(133)106-67(45(4)5)85(135)107-66(44(2)3)84(134)105-58(40-52-42-96-43-98-52)79(129)103-57(39-51-24-16-13-17-25-51)78(128)102-56(38-50-22-14-12-15-23-50)77(127)99-54(30-32-64(119)120)74(124)104-59(41-63(92)118)80(130)109-69/h12-17,22-25,42-49,53-62,66-72,116-117H,11,18-21,26-41H2,1-10H3,(H2,92,118)(H2,93,123)(H,96,98)(H,99,127)(H,100,131)(H,101,132)(H,102,128)(H,103,129)(H,104,124)(H,105,134)(H,106,133)(H,107,135)(H,108,137)(H,109,130)(H,110,125)(H,111,136)(H,112,126)(H,119,120)(H,121,122)(H4,94,95,97)/t47-,48+,49+,53-,54-,55-,56-,57-,58-,59-,60-,61-,62-,66-,67-,68-,69-,70-,71-,72-/m0/s1. The number of carbonyl (C=O) groups is 21. The van der Waals surface area contributed by atoms with E-state index in [2.05, 4.69) is 89.7 Å². The molecule has 768 valence electrons. The van der Waals surface area contributed by atoms with Crippen LogP contribution in [0.5, 0.6) is 0 Å². The molecule has 0 bridgehead atoms. The van der Waals surface area contributed by atoms with Crippen LogP contribution < -0.4 is 97.0 Å². The Morgan fingerprint density at radius 2 is 0.743 bits per heavy atom. The Labute approximate surface area is 807 Å². The van der Waals surface area contributed by atoms with Gasteiger partial charge in [-0.15, -0.1) is 0 Å². The number of imidazole rings is 1. The molecule has 2 aromatic carbocycles. The number of amides is 19. The summed E-state index contributed by atoms with van der Waals surface area (Å²) in [5.41, 5.74) is 18.1. The van der Waals surface area contributed by atoms with Crippen molar-refractivity contribution >= 4 is 130 Å². The number of hydrogen-bond acceptors (Lipinski definition) is 25. The van der Waals surface area contributed by atoms with E-state index in [0.29, 0.717) is 11.1 Å². The summed E-state index contributed by atoms with van der Waals surface area (Å²) >= 11 is 0. The van der Waals surface area contributed by atoms with E-state index in [1.807, 2.05) is 0 Å². The molecule has 3 aromatic rings. The number of H-pyrrole nitrogens is 1. The predicted octanol–water partition coefficient (Wildman–Crippen LogP) is -6.66. The van der Waals surface area contributed by atoms with Gasteiger partial charge in [0.25, 0.3) is 5.91 Å². The van der Waals surface area contributed by atoms with Gasteiger partial charge in [0.05, 0.1) is 25.0 Å². The third-order valence-corrected chi connectivity index (χ3v) is 24.6. The largest absolute Gasteiger partial charge is 0.481 e. The fourth-order valence-corrected chi connectivity index (χ4v) is 16.6. The summed E-state index contributed by atoms with van der Waals surface area (Å²) < 4.78 is 0. The van der Waals surface area contributed by atoms with Crippen molar-refractivity contribution in [2.24, 2.45) is 40.9 Å². The summed E-state index contributed by atoms with van der Waals surface area (Å²) in [6.45, 7) is 13.8. The van der Waals surface area contributed by atoms with Crippen LogP contribution in [0.1, 0.15) is 176 Å². The molecule has 4 fully saturated rings. The van der Waals surface area contributed by atoms with E-state index in [1.54, 1.807) is 81.4 Å². The topological polar surface area (TPSA) is 760 Å². The van der Waals surface area contributed by atoms with Crippen LogP contribution in [0.2, 0.25) is 0 Å². The van der Waals surface area contributed by atoms with Gasteiger partial charge in [-0.3, -0.25) is 106 Å². The minimum atomic E-state index is -2.32. The van der Waals surface area contributed by atoms with Crippen LogP contribution in [0.3, 0.4) is 0 Å². The van der Waals surface area contributed by atoms with Crippen LogP contribution in [-0.4, -0.2) is 316 Å². The second-order valence-electron chi connectivity index (χ2n) is 36.5. The van der Waals surface area contributed by atoms with Crippen molar-refractivity contribution in [3.05, 3.63) is 90.0 Å². The lowest BCUT2D eigenvalue weighted by atomic mass is 9.95. The van der Waals surface area contributed by atoms with Crippen molar-refractivity contribution in [1.29, 1.82) is 5.41 Å². The first kappa shape index (κ1) is 113. The number of carboxylic acids is 2. The normalized spacial score (nSPS) is 26.7. The van der Waals surface area contributed by atoms with E-state index in [1.165, 1.54) is 47.1 Å². The van der Waals surface area contributed by atoms with Gasteiger partial charge in [0.1, 0.15) is 96.7 Å². The quantitative estimate of drug-likeness (QED) is 0.0154. The van der Waals surface area contributed by atoms with E-state index in [0.717, 1.165) is 28.5 Å². The fraction of sp³-hybridized carbons (Fsp3) is 0.593. The van der Waals surface area contributed by atoms with Crippen LogP contribution in [0.25, 0.3) is 0 Å². The molecule has 0 spiro atoms. The zero-order valence-corrected chi connectivity index (χ0v) is 79.9. The predicted molar refractivity (Wildman–Crippen MR) is 497 cm³/mol. The average Bonchev–Trinajstić information content (AvgIpc) is 1.65. The molecule has 1 aromatic heterocycles. The Morgan fingerprint density at radius 3 is 1.14 bits per heavy atom. The lowest BCUT2D eigenvalue weighted by Gasteiger charge is -2.33. The second-order valence-corrected chi connectivity index (χ2v) is 36.5. The summed E-state index contributed by atoms with van der Waals surface area (Å²) in [7, 11) is 0. The van der Waals surface area contributed by atoms with E-state index in [-0.39, 0.29) is 109 Å². The number of primary amides is 2. The van der Waals surface area contributed by atoms with Gasteiger partial charge in [-0.2, -0.15) is 0 Å². The molecular weight excluding hydrogens is 1830 g/mol. The molecule has 4 saturated heterocycles. The number of nitrogens with zero attached hydrogens (tertiary/aromatic N) is 4. The number of guanidine groups is 1. The minimum Gasteiger partial charge on any atom is -0.481 e. The first-order chi connectivity index (χ1) is 66.1. The SMILES string of the molecule is CC[C@H](C)[C@@H]1NC(=O)[C@H](CC(N)=O)NC(=O)[C@H](CCC(=O)O)NC(=O)[C@H](Cc2ccccc2)NC(=O)[C@H](Cc2ccccc2)NC(=O)[C@H](Cc2cnc[nH]2)NC(=O)[C@H](C(C)C)NC(=O)[C@H](C(C)C)NC(=O)[C@@H]2CCCN2C(=O)[C@H](C(N)=O)NC(=O)[C@H](CCC(=O)O)NC(=O)[C@@H]2CCCN2C(=O)[C@H]([C@@H](C)O)NC(=O)[C@H](CCCNC(=N)N)NC(=O)[C@@H]2CCCN2C(=O)[C@H]([C@@H](C)O)NC(=O)[C@H](C(C)C)NC1=O. The number of aromatic nitrogens is 2. The molecule has 0 aliphatic carbocycles. The molecule has 4 aliphatic heterocycles. The zero-order chi connectivity index (χ0) is 104. The summed E-state index contributed by atoms with van der Waals surface area (Å²) in [5, 5.41) is 88.1. The number of rotatable bonds is 26. The number of carboxylic acid groups (broad SMARTS) is 2. The van der Waals surface area contributed by atoms with Gasteiger partial charge in [-0.25, -0.2) is 4.98 Å². The number of aliphatic carboxylic acids is 2. The molecule has 7 rings (SSSR count). The van der Waals surface area contributed by atoms with Gasteiger partial charge in [-0.05, 0) is 113 Å². The van der Waals surface area contributed by atoms with Crippen molar-refractivity contribution in [3.8, 4) is 0 Å². The van der Waals surface area contributed by atoms with Crippen LogP contribution in [0.15, 0.2) is 73.2 Å². The van der Waals surface area contributed by atoms with Gasteiger partial charge in [0.2, 0.25) is 106 Å². The highest BCUT2D eigenvalue weighted by atomic mass is 16.4. The van der Waals surface area contributed by atoms with Crippen LogP contribution in [0, 0.1) is 29.1 Å². The number of aliphatic hydroxyl groups is 2. The van der Waals surface area contributed by atoms with Crippen molar-refractivity contribution in [2.75, 3.05) is 26.2 Å². The highest BCUT2D eigenvalue weighted by Gasteiger charge is 2.48. The van der Waals surface area contributed by atoms with Crippen molar-refractivity contribution < 1.29 is 121 Å². The average molecular weight is 1960 g/mol. The molecule has 5 heterocycles. The Morgan fingerprint density at radius 1 is 0.414 bits per heavy atom. The lowest BCUT2D eigenvalue weighted by molar-refractivity contribution is -0.147. The van der Waals surface area contributed by atoms with Crippen molar-refractivity contribution in [2.45, 2.75) is 293 Å². The lowest BCUT2D eigenvalue weighted by Crippen LogP contribution is -2.63. The van der Waals surface area contributed by atoms with Gasteiger partial charge in [-0.1, -0.05) is 122 Å². The summed E-state index contributed by atoms with van der Waals surface area (Å²) in [6.07, 6.45) is -6.25. The number of aromatic amines is 1. The summed E-state index contributed by atoms with van der Waals surface area (Å²) in [5.74, 6) is -28.2. The molecule has 0 saturated carbocycles. The van der Waals surface area contributed by atoms with Crippen molar-refractivity contribution in [1.82, 2.24) is 104 Å². The highest BCUT2D eigenvalue weighted by Crippen LogP contribution is 2.26. The Kier molecular flexibility index (Phi) is 43.1. The molecule has 19 amide bonds. The van der Waals surface area contributed by atoms with E-state index < -0.39 is 301 Å². The highest BCUT2D eigenvalue weighted by molar-refractivity contribution is 6.09. The van der Waals surface area contributed by atoms with Gasteiger partial charge in [0, 0.05) is 70.2 Å². The fourth-order valence-electron chi connectivity index (χ4n) is 16.6. The maximum absolute atomic E-state index is 15.3. The minimum absolute atomic E-state index is 0.0278. The van der Waals surface area contributed by atoms with Crippen LogP contribution in [0.4, 0.5) is 0 Å². The zero-order valence-electron chi connectivity index (χ0n) is 79.9. The molecule has 49 nitrogen and oxygen atoms in total. The Bertz CT molecular complexity index is 4930. The molecule has 140 heavy (non-hydrogen) atoms. The number of nitrogens with one attached hydrogen (secondary N) is 17. The van der Waals surface area contributed by atoms with E-state index >= 15 is 14.4 Å². The molecule has 0 unspecified atom stereocenters. The van der Waals surface area contributed by atoms with Gasteiger partial charge < -0.3 is 137 Å². The molecule has 4 aliphatic rings. The molecular formula is C91H134N24O25. The molecule has 20 atom stereocenters. The summed E-state index contributed by atoms with van der Waals surface area (Å²) in [4.78, 5) is 312. The number of fused-ring (bicyclic) bond motifs is 3. The van der Waals surface area contributed by atoms with Crippen LogP contribution >= 0.6 is 0 Å². The number of benzene rings is 2. The third-order valence-electron chi connectivity index (χ3n) is 24.6. The maximum Gasteiger partial charge on any atom is 0.303 e. The smallest absolute Gasteiger partial charge is 0.303 e.